The van der Waals surface area contributed by atoms with Gasteiger partial charge in [0.2, 0.25) is 5.91 Å². The fraction of sp³-hybridized carbons (Fsp3) is 0.556. The number of aromatic nitrogens is 2. The van der Waals surface area contributed by atoms with Crippen molar-refractivity contribution in [3.63, 3.8) is 0 Å². The van der Waals surface area contributed by atoms with Crippen LogP contribution in [0.5, 0.6) is 0 Å². The highest BCUT2D eigenvalue weighted by Gasteiger charge is 2.36. The van der Waals surface area contributed by atoms with Crippen LogP contribution in [0.1, 0.15) is 25.5 Å². The van der Waals surface area contributed by atoms with Crippen LogP contribution in [0.3, 0.4) is 0 Å². The van der Waals surface area contributed by atoms with E-state index in [4.69, 9.17) is 9.72 Å². The molecule has 0 radical (unpaired) electrons. The van der Waals surface area contributed by atoms with E-state index in [1.807, 2.05) is 36.2 Å². The molecule has 0 unspecified atom stereocenters. The van der Waals surface area contributed by atoms with E-state index in [0.717, 1.165) is 36.4 Å². The van der Waals surface area contributed by atoms with E-state index in [1.165, 1.54) is 0 Å². The number of hydrogen-bond acceptors (Lipinski definition) is 4. The van der Waals surface area contributed by atoms with Gasteiger partial charge in [-0.3, -0.25) is 4.79 Å². The maximum atomic E-state index is 12.2. The van der Waals surface area contributed by atoms with Crippen molar-refractivity contribution in [1.29, 1.82) is 0 Å². The molecule has 130 valence electrons. The molecule has 6 heteroatoms. The molecule has 0 spiro atoms. The summed E-state index contributed by atoms with van der Waals surface area (Å²) in [4.78, 5) is 21.1. The van der Waals surface area contributed by atoms with E-state index in [1.54, 1.807) is 7.11 Å². The average molecular weight is 330 g/mol. The minimum absolute atomic E-state index is 0.0540. The topological polar surface area (TPSA) is 50.1 Å². The largest absolute Gasteiger partial charge is 0.375 e. The quantitative estimate of drug-likeness (QED) is 0.859. The summed E-state index contributed by atoms with van der Waals surface area (Å²) in [6.45, 7) is 3.82. The second-order valence-electron chi connectivity index (χ2n) is 7.06. The summed E-state index contributed by atoms with van der Waals surface area (Å²) >= 11 is 0. The van der Waals surface area contributed by atoms with Gasteiger partial charge in [-0.2, -0.15) is 0 Å². The van der Waals surface area contributed by atoms with Crippen molar-refractivity contribution in [2.75, 3.05) is 45.8 Å². The summed E-state index contributed by atoms with van der Waals surface area (Å²) in [6, 6.07) is 4.11. The maximum absolute atomic E-state index is 12.2. The van der Waals surface area contributed by atoms with Gasteiger partial charge < -0.3 is 18.9 Å². The van der Waals surface area contributed by atoms with Crippen LogP contribution in [0.4, 0.5) is 5.82 Å². The number of amides is 1. The summed E-state index contributed by atoms with van der Waals surface area (Å²) in [6.07, 6.45) is 6.16. The lowest BCUT2D eigenvalue weighted by Gasteiger charge is -2.40. The molecule has 1 fully saturated rings. The number of anilines is 1. The highest BCUT2D eigenvalue weighted by Crippen LogP contribution is 2.34. The zero-order chi connectivity index (χ0) is 17.3. The summed E-state index contributed by atoms with van der Waals surface area (Å²) in [5.41, 5.74) is 1.98. The lowest BCUT2D eigenvalue weighted by Crippen LogP contribution is -2.48. The van der Waals surface area contributed by atoms with Crippen LogP contribution >= 0.6 is 0 Å². The van der Waals surface area contributed by atoms with Gasteiger partial charge in [-0.25, -0.2) is 4.98 Å². The minimum atomic E-state index is -0.148. The molecule has 0 saturated carbocycles. The standard InChI is InChI=1S/C18H26N4O2/c1-18(8-6-10-22(13-18)16(23)12-24-4)15-11-21-9-5-7-14(21)17(19-15)20(2)3/h5,7,9,11H,6,8,10,12-13H2,1-4H3/t18-/m1/s1. The highest BCUT2D eigenvalue weighted by atomic mass is 16.5. The van der Waals surface area contributed by atoms with Gasteiger partial charge in [0.15, 0.2) is 5.82 Å². The first kappa shape index (κ1) is 16.8. The number of piperidine rings is 1. The second kappa shape index (κ2) is 6.43. The van der Waals surface area contributed by atoms with Gasteiger partial charge in [-0.1, -0.05) is 6.92 Å². The highest BCUT2D eigenvalue weighted by molar-refractivity contribution is 5.77. The fourth-order valence-electron chi connectivity index (χ4n) is 3.52. The van der Waals surface area contributed by atoms with E-state index < -0.39 is 0 Å². The molecule has 3 heterocycles. The number of carbonyl (C=O) groups is 1. The molecule has 0 aliphatic carbocycles. The monoisotopic (exact) mass is 330 g/mol. The van der Waals surface area contributed by atoms with Crippen LogP contribution in [0.2, 0.25) is 0 Å². The average Bonchev–Trinajstić information content (AvgIpc) is 3.02. The third-order valence-electron chi connectivity index (χ3n) is 4.85. The normalized spacial score (nSPS) is 21.2. The van der Waals surface area contributed by atoms with Crippen LogP contribution in [-0.2, 0) is 14.9 Å². The van der Waals surface area contributed by atoms with E-state index in [2.05, 4.69) is 23.6 Å². The molecule has 1 saturated heterocycles. The molecule has 1 aliphatic heterocycles. The summed E-state index contributed by atoms with van der Waals surface area (Å²) in [5.74, 6) is 1.01. The molecule has 24 heavy (non-hydrogen) atoms. The minimum Gasteiger partial charge on any atom is -0.375 e. The number of ether oxygens (including phenoxy) is 1. The SMILES string of the molecule is COCC(=O)N1CCC[C@@](C)(c2cn3cccc3c(N(C)C)n2)C1. The predicted molar refractivity (Wildman–Crippen MR) is 94.6 cm³/mol. The molecule has 2 aromatic rings. The van der Waals surface area contributed by atoms with Gasteiger partial charge in [0.25, 0.3) is 0 Å². The van der Waals surface area contributed by atoms with E-state index in [0.29, 0.717) is 6.54 Å². The molecular weight excluding hydrogens is 304 g/mol. The molecule has 0 bridgehead atoms. The van der Waals surface area contributed by atoms with Gasteiger partial charge in [0, 0.05) is 52.1 Å². The van der Waals surface area contributed by atoms with Crippen LogP contribution < -0.4 is 4.90 Å². The number of methoxy groups -OCH3 is 1. The van der Waals surface area contributed by atoms with E-state index in [-0.39, 0.29) is 17.9 Å². The van der Waals surface area contributed by atoms with Gasteiger partial charge in [0.05, 0.1) is 11.2 Å². The third kappa shape index (κ3) is 2.98. The van der Waals surface area contributed by atoms with Crippen LogP contribution in [0.25, 0.3) is 5.52 Å². The smallest absolute Gasteiger partial charge is 0.248 e. The Labute approximate surface area is 143 Å². The lowest BCUT2D eigenvalue weighted by molar-refractivity contribution is -0.137. The fourth-order valence-corrected chi connectivity index (χ4v) is 3.52. The molecule has 1 amide bonds. The van der Waals surface area contributed by atoms with Crippen LogP contribution in [0.15, 0.2) is 24.5 Å². The van der Waals surface area contributed by atoms with Gasteiger partial charge >= 0.3 is 0 Å². The number of likely N-dealkylation sites (tertiary alicyclic amines) is 1. The Balaban J connectivity index is 1.97. The van der Waals surface area contributed by atoms with Gasteiger partial charge in [-0.15, -0.1) is 0 Å². The Morgan fingerprint density at radius 2 is 2.25 bits per heavy atom. The lowest BCUT2D eigenvalue weighted by atomic mass is 9.79. The Kier molecular flexibility index (Phi) is 4.49. The van der Waals surface area contributed by atoms with E-state index >= 15 is 0 Å². The van der Waals surface area contributed by atoms with Crippen molar-refractivity contribution in [3.8, 4) is 0 Å². The van der Waals surface area contributed by atoms with Crippen molar-refractivity contribution >= 4 is 17.2 Å². The van der Waals surface area contributed by atoms with Crippen molar-refractivity contribution in [2.45, 2.75) is 25.2 Å². The number of rotatable bonds is 4. The number of hydrogen-bond donors (Lipinski definition) is 0. The number of fused-ring (bicyclic) bond motifs is 1. The van der Waals surface area contributed by atoms with Crippen molar-refractivity contribution in [1.82, 2.24) is 14.3 Å². The van der Waals surface area contributed by atoms with Crippen molar-refractivity contribution < 1.29 is 9.53 Å². The first-order valence-electron chi connectivity index (χ1n) is 8.37. The second-order valence-corrected chi connectivity index (χ2v) is 7.06. The molecule has 2 aromatic heterocycles. The molecule has 0 N–H and O–H groups in total. The number of nitrogens with zero attached hydrogens (tertiary/aromatic N) is 4. The molecule has 1 atom stereocenters. The predicted octanol–water partition coefficient (Wildman–Crippen LogP) is 1.93. The first-order chi connectivity index (χ1) is 11.4. The van der Waals surface area contributed by atoms with E-state index in [9.17, 15) is 4.79 Å². The summed E-state index contributed by atoms with van der Waals surface area (Å²) < 4.78 is 7.13. The Bertz CT molecular complexity index is 740. The van der Waals surface area contributed by atoms with Crippen molar-refractivity contribution in [2.24, 2.45) is 0 Å². The Morgan fingerprint density at radius 3 is 2.96 bits per heavy atom. The van der Waals surface area contributed by atoms with Gasteiger partial charge in [-0.05, 0) is 25.0 Å². The van der Waals surface area contributed by atoms with Crippen LogP contribution in [-0.4, -0.2) is 61.1 Å². The summed E-state index contributed by atoms with van der Waals surface area (Å²) in [5, 5.41) is 0. The molecule has 0 aromatic carbocycles. The van der Waals surface area contributed by atoms with Crippen LogP contribution in [0, 0.1) is 0 Å². The maximum Gasteiger partial charge on any atom is 0.248 e. The Hall–Kier alpha value is -2.08. The zero-order valence-corrected chi connectivity index (χ0v) is 15.0. The van der Waals surface area contributed by atoms with Gasteiger partial charge in [0.1, 0.15) is 6.61 Å². The molecular formula is C18H26N4O2. The summed E-state index contributed by atoms with van der Waals surface area (Å²) in [7, 11) is 5.58. The first-order valence-corrected chi connectivity index (χ1v) is 8.37. The molecule has 6 nitrogen and oxygen atoms in total. The van der Waals surface area contributed by atoms with Crippen molar-refractivity contribution in [3.05, 3.63) is 30.2 Å². The Morgan fingerprint density at radius 1 is 1.46 bits per heavy atom. The number of carbonyl (C=O) groups excluding carboxylic acids is 1. The zero-order valence-electron chi connectivity index (χ0n) is 15.0. The molecule has 1 aliphatic rings. The third-order valence-corrected chi connectivity index (χ3v) is 4.85. The molecule has 3 rings (SSSR count).